The Morgan fingerprint density at radius 2 is 1.65 bits per heavy atom. The molecule has 2 aromatic rings. The van der Waals surface area contributed by atoms with Crippen molar-refractivity contribution in [3.05, 3.63) is 75.9 Å². The van der Waals surface area contributed by atoms with Crippen molar-refractivity contribution in [2.75, 3.05) is 0 Å². The van der Waals surface area contributed by atoms with E-state index < -0.39 is 11.6 Å². The van der Waals surface area contributed by atoms with E-state index in [1.54, 1.807) is 0 Å². The van der Waals surface area contributed by atoms with E-state index in [0.29, 0.717) is 6.42 Å². The first-order valence-corrected chi connectivity index (χ1v) is 6.39. The Balaban J connectivity index is 1.85. The van der Waals surface area contributed by atoms with Crippen molar-refractivity contribution in [3.8, 4) is 11.8 Å². The minimum atomic E-state index is -0.812. The molecule has 0 N–H and O–H groups in total. The summed E-state index contributed by atoms with van der Waals surface area (Å²) in [5, 5.41) is 0. The lowest BCUT2D eigenvalue weighted by Gasteiger charge is -1.98. The summed E-state index contributed by atoms with van der Waals surface area (Å²) >= 11 is 0. The molecule has 0 saturated carbocycles. The van der Waals surface area contributed by atoms with Crippen molar-refractivity contribution in [1.29, 1.82) is 0 Å². The maximum Gasteiger partial charge on any atom is 0.159 e. The molecule has 3 rings (SSSR count). The Bertz CT molecular complexity index is 756. The summed E-state index contributed by atoms with van der Waals surface area (Å²) in [5.74, 6) is 4.53. The Kier molecular flexibility index (Phi) is 3.12. The van der Waals surface area contributed by atoms with Gasteiger partial charge in [0, 0.05) is 17.6 Å². The molecule has 2 heteroatoms. The molecule has 1 aliphatic rings. The third-order valence-corrected chi connectivity index (χ3v) is 3.31. The highest BCUT2D eigenvalue weighted by atomic mass is 19.2. The molecule has 0 amide bonds. The standard InChI is InChI=1S/C18H12F2/c1-12-2-4-13(5-3-12)6-7-14-8-15-10-17(19)18(20)11-16(15)9-14/h2-5,8,10-11H,9H2,1H3. The Morgan fingerprint density at radius 1 is 0.950 bits per heavy atom. The molecule has 1 aliphatic carbocycles. The molecular formula is C18H12F2. The first-order valence-electron chi connectivity index (χ1n) is 6.39. The number of fused-ring (bicyclic) bond motifs is 1. The molecule has 0 unspecified atom stereocenters. The molecule has 98 valence electrons. The van der Waals surface area contributed by atoms with Crippen molar-refractivity contribution < 1.29 is 8.78 Å². The zero-order valence-electron chi connectivity index (χ0n) is 11.0. The summed E-state index contributed by atoms with van der Waals surface area (Å²) in [6.45, 7) is 2.02. The molecule has 0 fully saturated rings. The minimum absolute atomic E-state index is 0.561. The van der Waals surface area contributed by atoms with Crippen LogP contribution in [0.4, 0.5) is 8.78 Å². The van der Waals surface area contributed by atoms with Crippen LogP contribution in [-0.4, -0.2) is 0 Å². The van der Waals surface area contributed by atoms with E-state index in [4.69, 9.17) is 0 Å². The van der Waals surface area contributed by atoms with Gasteiger partial charge in [0.05, 0.1) is 0 Å². The van der Waals surface area contributed by atoms with Crippen molar-refractivity contribution in [2.24, 2.45) is 0 Å². The van der Waals surface area contributed by atoms with Gasteiger partial charge in [-0.15, -0.1) is 0 Å². The average Bonchev–Trinajstić information content (AvgIpc) is 2.80. The lowest BCUT2D eigenvalue weighted by Crippen LogP contribution is -1.89. The Labute approximate surface area is 116 Å². The van der Waals surface area contributed by atoms with Crippen molar-refractivity contribution in [3.63, 3.8) is 0 Å². The summed E-state index contributed by atoms with van der Waals surface area (Å²) in [5.41, 5.74) is 4.51. The van der Waals surface area contributed by atoms with Crippen LogP contribution in [0.15, 0.2) is 42.0 Å². The summed E-state index contributed by atoms with van der Waals surface area (Å²) in [6.07, 6.45) is 2.38. The highest BCUT2D eigenvalue weighted by Gasteiger charge is 2.14. The second-order valence-corrected chi connectivity index (χ2v) is 4.93. The zero-order chi connectivity index (χ0) is 14.1. The van der Waals surface area contributed by atoms with Crippen LogP contribution in [-0.2, 0) is 6.42 Å². The van der Waals surface area contributed by atoms with E-state index in [0.717, 1.165) is 22.3 Å². The van der Waals surface area contributed by atoms with Crippen LogP contribution in [0.5, 0.6) is 0 Å². The van der Waals surface area contributed by atoms with Crippen LogP contribution in [0.2, 0.25) is 0 Å². The summed E-state index contributed by atoms with van der Waals surface area (Å²) < 4.78 is 26.3. The number of halogens is 2. The van der Waals surface area contributed by atoms with Crippen LogP contribution in [0.1, 0.15) is 22.3 Å². The minimum Gasteiger partial charge on any atom is -0.204 e. The van der Waals surface area contributed by atoms with Gasteiger partial charge >= 0.3 is 0 Å². The van der Waals surface area contributed by atoms with Gasteiger partial charge in [0.2, 0.25) is 0 Å². The van der Waals surface area contributed by atoms with Gasteiger partial charge < -0.3 is 0 Å². The summed E-state index contributed by atoms with van der Waals surface area (Å²) in [6, 6.07) is 10.4. The smallest absolute Gasteiger partial charge is 0.159 e. The highest BCUT2D eigenvalue weighted by molar-refractivity contribution is 5.68. The van der Waals surface area contributed by atoms with E-state index in [2.05, 4.69) is 11.8 Å². The fraction of sp³-hybridized carbons (Fsp3) is 0.111. The molecular weight excluding hydrogens is 254 g/mol. The Morgan fingerprint density at radius 3 is 2.40 bits per heavy atom. The van der Waals surface area contributed by atoms with Gasteiger partial charge in [-0.25, -0.2) is 8.78 Å². The largest absolute Gasteiger partial charge is 0.204 e. The number of hydrogen-bond acceptors (Lipinski definition) is 0. The lowest BCUT2D eigenvalue weighted by molar-refractivity contribution is 0.507. The second-order valence-electron chi connectivity index (χ2n) is 4.93. The second kappa shape index (κ2) is 4.94. The predicted octanol–water partition coefficient (Wildman–Crippen LogP) is 4.26. The summed E-state index contributed by atoms with van der Waals surface area (Å²) in [4.78, 5) is 0. The molecule has 0 heterocycles. The van der Waals surface area contributed by atoms with Gasteiger partial charge in [0.15, 0.2) is 11.6 Å². The van der Waals surface area contributed by atoms with E-state index in [1.807, 2.05) is 37.3 Å². The molecule has 0 spiro atoms. The fourth-order valence-electron chi connectivity index (χ4n) is 2.20. The van der Waals surface area contributed by atoms with Gasteiger partial charge in [-0.2, -0.15) is 0 Å². The highest BCUT2D eigenvalue weighted by Crippen LogP contribution is 2.26. The van der Waals surface area contributed by atoms with Crippen LogP contribution >= 0.6 is 0 Å². The molecule has 0 aromatic heterocycles. The number of rotatable bonds is 0. The van der Waals surface area contributed by atoms with Crippen LogP contribution in [0.25, 0.3) is 6.08 Å². The summed E-state index contributed by atoms with van der Waals surface area (Å²) in [7, 11) is 0. The Hall–Kier alpha value is -2.40. The monoisotopic (exact) mass is 266 g/mol. The molecule has 0 aliphatic heterocycles. The fourth-order valence-corrected chi connectivity index (χ4v) is 2.20. The molecule has 2 aromatic carbocycles. The van der Waals surface area contributed by atoms with E-state index in [-0.39, 0.29) is 0 Å². The van der Waals surface area contributed by atoms with Crippen molar-refractivity contribution in [1.82, 2.24) is 0 Å². The first-order chi connectivity index (χ1) is 9.61. The quantitative estimate of drug-likeness (QED) is 0.625. The van der Waals surface area contributed by atoms with E-state index >= 15 is 0 Å². The van der Waals surface area contributed by atoms with Gasteiger partial charge in [-0.1, -0.05) is 29.5 Å². The number of hydrogen-bond donors (Lipinski definition) is 0. The van der Waals surface area contributed by atoms with Crippen LogP contribution in [0, 0.1) is 30.4 Å². The topological polar surface area (TPSA) is 0 Å². The van der Waals surface area contributed by atoms with Gasteiger partial charge in [-0.3, -0.25) is 0 Å². The number of aryl methyl sites for hydroxylation is 1. The van der Waals surface area contributed by atoms with E-state index in [9.17, 15) is 8.78 Å². The molecule has 0 nitrogen and oxygen atoms in total. The zero-order valence-corrected chi connectivity index (χ0v) is 11.0. The van der Waals surface area contributed by atoms with Crippen LogP contribution in [0.3, 0.4) is 0 Å². The van der Waals surface area contributed by atoms with Gasteiger partial charge in [-0.05, 0) is 48.4 Å². The number of benzene rings is 2. The lowest BCUT2D eigenvalue weighted by atomic mass is 10.1. The molecule has 0 atom stereocenters. The SMILES string of the molecule is Cc1ccc(C#CC2=Cc3cc(F)c(F)cc3C2)cc1. The third-order valence-electron chi connectivity index (χ3n) is 3.31. The third kappa shape index (κ3) is 2.48. The van der Waals surface area contributed by atoms with E-state index in [1.165, 1.54) is 17.7 Å². The van der Waals surface area contributed by atoms with Gasteiger partial charge in [0.1, 0.15) is 0 Å². The average molecular weight is 266 g/mol. The normalized spacial score (nSPS) is 12.4. The molecule has 0 radical (unpaired) electrons. The first kappa shape index (κ1) is 12.6. The predicted molar refractivity (Wildman–Crippen MR) is 76.1 cm³/mol. The van der Waals surface area contributed by atoms with Crippen LogP contribution < -0.4 is 0 Å². The molecule has 20 heavy (non-hydrogen) atoms. The number of allylic oxidation sites excluding steroid dienone is 1. The molecule has 0 bridgehead atoms. The molecule has 0 saturated heterocycles. The maximum absolute atomic E-state index is 13.2. The van der Waals surface area contributed by atoms with Crippen molar-refractivity contribution >= 4 is 6.08 Å². The van der Waals surface area contributed by atoms with Gasteiger partial charge in [0.25, 0.3) is 0 Å². The maximum atomic E-state index is 13.2. The van der Waals surface area contributed by atoms with Crippen molar-refractivity contribution in [2.45, 2.75) is 13.3 Å².